The predicted octanol–water partition coefficient (Wildman–Crippen LogP) is 2.45. The van der Waals surface area contributed by atoms with Crippen molar-refractivity contribution in [2.75, 3.05) is 7.11 Å². The first-order valence-electron chi connectivity index (χ1n) is 8.20. The second-order valence-electron chi connectivity index (χ2n) is 5.88. The Morgan fingerprint density at radius 1 is 1.11 bits per heavy atom. The van der Waals surface area contributed by atoms with Gasteiger partial charge in [0.1, 0.15) is 0 Å². The second kappa shape index (κ2) is 7.73. The van der Waals surface area contributed by atoms with Crippen molar-refractivity contribution in [3.05, 3.63) is 77.6 Å². The lowest BCUT2D eigenvalue weighted by atomic mass is 10.2. The number of benzene rings is 2. The van der Waals surface area contributed by atoms with E-state index in [4.69, 9.17) is 4.74 Å². The van der Waals surface area contributed by atoms with Crippen molar-refractivity contribution in [3.8, 4) is 5.69 Å². The van der Waals surface area contributed by atoms with Crippen LogP contribution in [0.1, 0.15) is 21.7 Å². The highest BCUT2D eigenvalue weighted by molar-refractivity contribution is 7.89. The van der Waals surface area contributed by atoms with Gasteiger partial charge in [-0.05, 0) is 42.8 Å². The van der Waals surface area contributed by atoms with Crippen molar-refractivity contribution < 1.29 is 17.9 Å². The number of hydrogen-bond donors (Lipinski definition) is 1. The van der Waals surface area contributed by atoms with Crippen LogP contribution in [-0.4, -0.2) is 31.3 Å². The molecule has 8 heteroatoms. The molecule has 2 aromatic carbocycles. The van der Waals surface area contributed by atoms with E-state index in [9.17, 15) is 13.2 Å². The van der Waals surface area contributed by atoms with Crippen LogP contribution in [0.25, 0.3) is 5.69 Å². The van der Waals surface area contributed by atoms with Gasteiger partial charge in [0.05, 0.1) is 23.4 Å². The average molecular weight is 385 g/mol. The molecule has 0 radical (unpaired) electrons. The van der Waals surface area contributed by atoms with Gasteiger partial charge in [-0.2, -0.15) is 5.10 Å². The molecule has 0 bridgehead atoms. The number of aryl methyl sites for hydroxylation is 1. The van der Waals surface area contributed by atoms with Gasteiger partial charge >= 0.3 is 5.97 Å². The minimum atomic E-state index is -3.57. The topological polar surface area (TPSA) is 90.3 Å². The largest absolute Gasteiger partial charge is 0.464 e. The number of sulfonamides is 1. The van der Waals surface area contributed by atoms with Gasteiger partial charge in [-0.3, -0.25) is 0 Å². The molecular weight excluding hydrogens is 366 g/mol. The number of hydrogen-bond acceptors (Lipinski definition) is 5. The monoisotopic (exact) mass is 385 g/mol. The van der Waals surface area contributed by atoms with Gasteiger partial charge in [0.2, 0.25) is 10.0 Å². The molecule has 7 nitrogen and oxygen atoms in total. The summed E-state index contributed by atoms with van der Waals surface area (Å²) < 4.78 is 33.4. The maximum absolute atomic E-state index is 12.3. The number of nitrogens with one attached hydrogen (secondary N) is 1. The summed E-state index contributed by atoms with van der Waals surface area (Å²) in [5.41, 5.74) is 2.47. The molecule has 0 aliphatic carbocycles. The number of methoxy groups -OCH3 is 1. The van der Waals surface area contributed by atoms with Crippen LogP contribution in [0.15, 0.2) is 65.6 Å². The molecule has 0 saturated carbocycles. The minimum Gasteiger partial charge on any atom is -0.464 e. The third kappa shape index (κ3) is 4.24. The Balaban J connectivity index is 1.76. The van der Waals surface area contributed by atoms with Crippen molar-refractivity contribution >= 4 is 16.0 Å². The van der Waals surface area contributed by atoms with E-state index < -0.39 is 16.0 Å². The Morgan fingerprint density at radius 3 is 2.41 bits per heavy atom. The number of ether oxygens (including phenoxy) is 1. The Hall–Kier alpha value is -2.97. The number of nitrogens with zero attached hydrogens (tertiary/aromatic N) is 2. The Kier molecular flexibility index (Phi) is 5.38. The van der Waals surface area contributed by atoms with E-state index in [0.29, 0.717) is 17.1 Å². The zero-order valence-electron chi connectivity index (χ0n) is 14.9. The second-order valence-corrected chi connectivity index (χ2v) is 7.65. The number of aromatic nitrogens is 2. The third-order valence-electron chi connectivity index (χ3n) is 3.93. The first-order valence-corrected chi connectivity index (χ1v) is 9.68. The molecule has 27 heavy (non-hydrogen) atoms. The van der Waals surface area contributed by atoms with Crippen LogP contribution < -0.4 is 4.72 Å². The van der Waals surface area contributed by atoms with E-state index >= 15 is 0 Å². The summed E-state index contributed by atoms with van der Waals surface area (Å²) in [5.74, 6) is -0.477. The smallest absolute Gasteiger partial charge is 0.356 e. The van der Waals surface area contributed by atoms with Crippen LogP contribution in [0.5, 0.6) is 0 Å². The lowest BCUT2D eigenvalue weighted by molar-refractivity contribution is 0.0590. The molecule has 3 aromatic rings. The summed E-state index contributed by atoms with van der Waals surface area (Å²) in [7, 11) is -2.25. The average Bonchev–Trinajstić information content (AvgIpc) is 3.08. The SMILES string of the molecule is COC(=O)c1cc(C)nn1-c1ccc(CNS(=O)(=O)c2ccccc2)cc1. The van der Waals surface area contributed by atoms with E-state index in [0.717, 1.165) is 5.56 Å². The lowest BCUT2D eigenvalue weighted by Gasteiger charge is -2.09. The van der Waals surface area contributed by atoms with Crippen molar-refractivity contribution in [2.45, 2.75) is 18.4 Å². The van der Waals surface area contributed by atoms with Gasteiger partial charge in [-0.1, -0.05) is 30.3 Å². The molecule has 1 N–H and O–H groups in total. The molecule has 0 aliphatic rings. The first kappa shape index (κ1) is 18.8. The van der Waals surface area contributed by atoms with Gasteiger partial charge in [-0.25, -0.2) is 22.6 Å². The van der Waals surface area contributed by atoms with Crippen LogP contribution in [0.3, 0.4) is 0 Å². The van der Waals surface area contributed by atoms with Gasteiger partial charge in [0, 0.05) is 6.54 Å². The Bertz CT molecular complexity index is 1040. The highest BCUT2D eigenvalue weighted by atomic mass is 32.2. The van der Waals surface area contributed by atoms with Crippen molar-refractivity contribution in [1.29, 1.82) is 0 Å². The maximum Gasteiger partial charge on any atom is 0.356 e. The molecule has 0 amide bonds. The summed E-state index contributed by atoms with van der Waals surface area (Å²) in [6.07, 6.45) is 0. The van der Waals surface area contributed by atoms with E-state index in [-0.39, 0.29) is 11.4 Å². The molecule has 0 atom stereocenters. The summed E-state index contributed by atoms with van der Waals surface area (Å²) in [5, 5.41) is 4.31. The van der Waals surface area contributed by atoms with Crippen molar-refractivity contribution in [3.63, 3.8) is 0 Å². The van der Waals surface area contributed by atoms with E-state index in [1.807, 2.05) is 0 Å². The molecule has 1 heterocycles. The predicted molar refractivity (Wildman–Crippen MR) is 100 cm³/mol. The summed E-state index contributed by atoms with van der Waals surface area (Å²) >= 11 is 0. The normalized spacial score (nSPS) is 11.3. The number of esters is 1. The maximum atomic E-state index is 12.3. The van der Waals surface area contributed by atoms with Gasteiger partial charge in [0.15, 0.2) is 5.69 Å². The molecule has 140 valence electrons. The molecule has 1 aromatic heterocycles. The fourth-order valence-corrected chi connectivity index (χ4v) is 3.60. The fourth-order valence-electron chi connectivity index (χ4n) is 2.56. The van der Waals surface area contributed by atoms with E-state index in [1.54, 1.807) is 67.6 Å². The standard InChI is InChI=1S/C19H19N3O4S/c1-14-12-18(19(23)26-2)22(21-14)16-10-8-15(9-11-16)13-20-27(24,25)17-6-4-3-5-7-17/h3-12,20H,13H2,1-2H3. The Morgan fingerprint density at radius 2 is 1.78 bits per heavy atom. The third-order valence-corrected chi connectivity index (χ3v) is 5.34. The number of rotatable bonds is 6. The van der Waals surface area contributed by atoms with Crippen molar-refractivity contribution in [2.24, 2.45) is 0 Å². The molecular formula is C19H19N3O4S. The van der Waals surface area contributed by atoms with Crippen LogP contribution in [0, 0.1) is 6.92 Å². The van der Waals surface area contributed by atoms with Gasteiger partial charge < -0.3 is 4.74 Å². The minimum absolute atomic E-state index is 0.152. The summed E-state index contributed by atoms with van der Waals surface area (Å²) in [4.78, 5) is 12.1. The fraction of sp³-hybridized carbons (Fsp3) is 0.158. The number of carbonyl (C=O) groups excluding carboxylic acids is 1. The van der Waals surface area contributed by atoms with Gasteiger partial charge in [0.25, 0.3) is 0 Å². The zero-order valence-corrected chi connectivity index (χ0v) is 15.7. The highest BCUT2D eigenvalue weighted by Gasteiger charge is 2.16. The Labute approximate surface area is 157 Å². The molecule has 0 saturated heterocycles. The molecule has 0 aliphatic heterocycles. The first-order chi connectivity index (χ1) is 12.9. The highest BCUT2D eigenvalue weighted by Crippen LogP contribution is 2.15. The van der Waals surface area contributed by atoms with Crippen LogP contribution in [0.2, 0.25) is 0 Å². The summed E-state index contributed by atoms with van der Waals surface area (Å²) in [6, 6.07) is 16.9. The quantitative estimate of drug-likeness (QED) is 0.658. The lowest BCUT2D eigenvalue weighted by Crippen LogP contribution is -2.23. The molecule has 0 spiro atoms. The zero-order chi connectivity index (χ0) is 19.4. The van der Waals surface area contributed by atoms with E-state index in [1.165, 1.54) is 11.8 Å². The van der Waals surface area contributed by atoms with Crippen molar-refractivity contribution in [1.82, 2.24) is 14.5 Å². The summed E-state index contributed by atoms with van der Waals surface area (Å²) in [6.45, 7) is 1.94. The van der Waals surface area contributed by atoms with Crippen LogP contribution in [0.4, 0.5) is 0 Å². The van der Waals surface area contributed by atoms with Crippen LogP contribution >= 0.6 is 0 Å². The molecule has 0 unspecified atom stereocenters. The van der Waals surface area contributed by atoms with Crippen LogP contribution in [-0.2, 0) is 21.3 Å². The van der Waals surface area contributed by atoms with Gasteiger partial charge in [-0.15, -0.1) is 0 Å². The number of carbonyl (C=O) groups is 1. The van der Waals surface area contributed by atoms with E-state index in [2.05, 4.69) is 9.82 Å². The molecule has 3 rings (SSSR count). The molecule has 0 fully saturated rings.